The summed E-state index contributed by atoms with van der Waals surface area (Å²) in [6, 6.07) is 12.3. The number of carbonyl (C=O) groups excluding carboxylic acids is 1. The van der Waals surface area contributed by atoms with Gasteiger partial charge in [0.15, 0.2) is 0 Å². The first kappa shape index (κ1) is 20.1. The number of phenolic OH excluding ortho intramolecular Hbond substituents is 1. The van der Waals surface area contributed by atoms with Gasteiger partial charge in [-0.15, -0.1) is 0 Å². The van der Waals surface area contributed by atoms with Crippen LogP contribution in [-0.4, -0.2) is 24.3 Å². The lowest BCUT2D eigenvalue weighted by Crippen LogP contribution is -2.30. The fourth-order valence-electron chi connectivity index (χ4n) is 2.29. The zero-order valence-corrected chi connectivity index (χ0v) is 16.9. The van der Waals surface area contributed by atoms with Crippen molar-refractivity contribution in [3.8, 4) is 11.5 Å². The Morgan fingerprint density at radius 2 is 1.92 bits per heavy atom. The van der Waals surface area contributed by atoms with E-state index in [0.29, 0.717) is 25.3 Å². The Kier molecular flexibility index (Phi) is 6.91. The molecule has 2 aromatic carbocycles. The Morgan fingerprint density at radius 3 is 2.58 bits per heavy atom. The van der Waals surface area contributed by atoms with Gasteiger partial charge in [-0.25, -0.2) is 4.79 Å². The molecule has 2 rings (SSSR count). The topological polar surface area (TPSA) is 70.6 Å². The summed E-state index contributed by atoms with van der Waals surface area (Å²) < 4.78 is 6.69. The summed E-state index contributed by atoms with van der Waals surface area (Å²) in [5, 5.41) is 15.0. The number of para-hydroxylation sites is 2. The van der Waals surface area contributed by atoms with E-state index in [-0.39, 0.29) is 17.2 Å². The van der Waals surface area contributed by atoms with E-state index in [1.165, 1.54) is 11.6 Å². The van der Waals surface area contributed by atoms with Crippen molar-refractivity contribution in [1.29, 1.82) is 0 Å². The van der Waals surface area contributed by atoms with Gasteiger partial charge in [0.2, 0.25) is 0 Å². The van der Waals surface area contributed by atoms with Gasteiger partial charge in [-0.2, -0.15) is 0 Å². The molecule has 0 spiro atoms. The van der Waals surface area contributed by atoms with E-state index in [2.05, 4.69) is 59.5 Å². The molecule has 140 valence electrons. The SMILES string of the molecule is CC(C)(C)c1ccc(OCCCNC(=O)Nc2ccccc2O)c(Br)c1. The number of hydrogen-bond donors (Lipinski definition) is 3. The Bertz CT molecular complexity index is 757. The molecule has 5 nitrogen and oxygen atoms in total. The van der Waals surface area contributed by atoms with Crippen LogP contribution in [0.25, 0.3) is 0 Å². The monoisotopic (exact) mass is 420 g/mol. The second-order valence-corrected chi connectivity index (χ2v) is 7.85. The number of anilines is 1. The van der Waals surface area contributed by atoms with Crippen LogP contribution in [0.2, 0.25) is 0 Å². The molecule has 0 aliphatic carbocycles. The van der Waals surface area contributed by atoms with Crippen molar-refractivity contribution in [1.82, 2.24) is 5.32 Å². The van der Waals surface area contributed by atoms with Gasteiger partial charge >= 0.3 is 6.03 Å². The average molecular weight is 421 g/mol. The maximum Gasteiger partial charge on any atom is 0.319 e. The van der Waals surface area contributed by atoms with Crippen LogP contribution in [0.15, 0.2) is 46.9 Å². The van der Waals surface area contributed by atoms with E-state index in [4.69, 9.17) is 4.74 Å². The van der Waals surface area contributed by atoms with Crippen LogP contribution in [0.1, 0.15) is 32.8 Å². The van der Waals surface area contributed by atoms with Crippen LogP contribution in [0.5, 0.6) is 11.5 Å². The highest BCUT2D eigenvalue weighted by molar-refractivity contribution is 9.10. The van der Waals surface area contributed by atoms with E-state index in [1.807, 2.05) is 6.07 Å². The van der Waals surface area contributed by atoms with Crippen molar-refractivity contribution in [2.45, 2.75) is 32.6 Å². The summed E-state index contributed by atoms with van der Waals surface area (Å²) in [7, 11) is 0. The third-order valence-electron chi connectivity index (χ3n) is 3.81. The molecule has 6 heteroatoms. The molecule has 0 aromatic heterocycles. The number of rotatable bonds is 6. The van der Waals surface area contributed by atoms with Gasteiger partial charge in [0.05, 0.1) is 16.8 Å². The molecule has 0 aliphatic rings. The second kappa shape index (κ2) is 8.94. The molecule has 0 heterocycles. The first-order valence-electron chi connectivity index (χ1n) is 8.53. The van der Waals surface area contributed by atoms with E-state index >= 15 is 0 Å². The molecule has 0 aliphatic heterocycles. The highest BCUT2D eigenvalue weighted by Gasteiger charge is 2.15. The predicted octanol–water partition coefficient (Wildman–Crippen LogP) is 5.04. The van der Waals surface area contributed by atoms with Gasteiger partial charge in [-0.1, -0.05) is 39.0 Å². The molecule has 0 fully saturated rings. The summed E-state index contributed by atoms with van der Waals surface area (Å²) in [5.74, 6) is 0.825. The highest BCUT2D eigenvalue weighted by Crippen LogP contribution is 2.31. The minimum absolute atomic E-state index is 0.0366. The van der Waals surface area contributed by atoms with Crippen molar-refractivity contribution < 1.29 is 14.6 Å². The zero-order valence-electron chi connectivity index (χ0n) is 15.3. The van der Waals surface area contributed by atoms with Crippen molar-refractivity contribution in [2.24, 2.45) is 0 Å². The second-order valence-electron chi connectivity index (χ2n) is 7.00. The molecule has 0 unspecified atom stereocenters. The molecule has 0 saturated carbocycles. The third-order valence-corrected chi connectivity index (χ3v) is 4.43. The van der Waals surface area contributed by atoms with Gasteiger partial charge < -0.3 is 20.5 Å². The molecule has 0 bridgehead atoms. The largest absolute Gasteiger partial charge is 0.506 e. The molecular weight excluding hydrogens is 396 g/mol. The number of nitrogens with one attached hydrogen (secondary N) is 2. The van der Waals surface area contributed by atoms with E-state index < -0.39 is 0 Å². The number of aromatic hydroxyl groups is 1. The van der Waals surface area contributed by atoms with Gasteiger partial charge in [0, 0.05) is 6.54 Å². The standard InChI is InChI=1S/C20H25BrN2O3/c1-20(2,3)14-9-10-18(15(21)13-14)26-12-6-11-22-19(25)23-16-7-4-5-8-17(16)24/h4-5,7-10,13,24H,6,11-12H2,1-3H3,(H2,22,23,25). The number of hydrogen-bond acceptors (Lipinski definition) is 3. The molecule has 2 amide bonds. The molecule has 26 heavy (non-hydrogen) atoms. The molecule has 0 atom stereocenters. The third kappa shape index (κ3) is 5.95. The Morgan fingerprint density at radius 1 is 1.19 bits per heavy atom. The zero-order chi connectivity index (χ0) is 19.2. The summed E-state index contributed by atoms with van der Waals surface area (Å²) in [4.78, 5) is 11.8. The highest BCUT2D eigenvalue weighted by atomic mass is 79.9. The maximum atomic E-state index is 11.8. The lowest BCUT2D eigenvalue weighted by molar-refractivity contribution is 0.250. The minimum atomic E-state index is -0.359. The number of carbonyl (C=O) groups is 1. The first-order chi connectivity index (χ1) is 12.3. The minimum Gasteiger partial charge on any atom is -0.506 e. The van der Waals surface area contributed by atoms with Gasteiger partial charge in [-0.05, 0) is 57.6 Å². The number of amides is 2. The van der Waals surface area contributed by atoms with Crippen LogP contribution in [-0.2, 0) is 5.41 Å². The van der Waals surface area contributed by atoms with E-state index in [0.717, 1.165) is 10.2 Å². The maximum absolute atomic E-state index is 11.8. The normalized spacial score (nSPS) is 11.1. The van der Waals surface area contributed by atoms with E-state index in [9.17, 15) is 9.90 Å². The lowest BCUT2D eigenvalue weighted by Gasteiger charge is -2.20. The van der Waals surface area contributed by atoms with Crippen molar-refractivity contribution in [3.63, 3.8) is 0 Å². The van der Waals surface area contributed by atoms with E-state index in [1.54, 1.807) is 18.2 Å². The molecule has 3 N–H and O–H groups in total. The Hall–Kier alpha value is -2.21. The fraction of sp³-hybridized carbons (Fsp3) is 0.350. The summed E-state index contributed by atoms with van der Waals surface area (Å²) in [6.45, 7) is 7.46. The summed E-state index contributed by atoms with van der Waals surface area (Å²) >= 11 is 3.55. The van der Waals surface area contributed by atoms with Crippen LogP contribution < -0.4 is 15.4 Å². The molecule has 0 radical (unpaired) electrons. The fourth-order valence-corrected chi connectivity index (χ4v) is 2.78. The number of urea groups is 1. The molecule has 2 aromatic rings. The lowest BCUT2D eigenvalue weighted by atomic mass is 9.87. The first-order valence-corrected chi connectivity index (χ1v) is 9.32. The average Bonchev–Trinajstić information content (AvgIpc) is 2.57. The quantitative estimate of drug-likeness (QED) is 0.452. The Labute approximate surface area is 162 Å². The number of phenols is 1. The van der Waals surface area contributed by atoms with Crippen LogP contribution in [0, 0.1) is 0 Å². The van der Waals surface area contributed by atoms with Crippen molar-refractivity contribution >= 4 is 27.6 Å². The van der Waals surface area contributed by atoms with Crippen molar-refractivity contribution in [2.75, 3.05) is 18.5 Å². The number of halogens is 1. The van der Waals surface area contributed by atoms with Crippen LogP contribution in [0.4, 0.5) is 10.5 Å². The number of benzene rings is 2. The summed E-state index contributed by atoms with van der Waals surface area (Å²) in [6.07, 6.45) is 0.668. The van der Waals surface area contributed by atoms with Gasteiger partial charge in [0.25, 0.3) is 0 Å². The van der Waals surface area contributed by atoms with Crippen LogP contribution in [0.3, 0.4) is 0 Å². The predicted molar refractivity (Wildman–Crippen MR) is 108 cm³/mol. The van der Waals surface area contributed by atoms with Crippen molar-refractivity contribution in [3.05, 3.63) is 52.5 Å². The Balaban J connectivity index is 1.72. The number of ether oxygens (including phenoxy) is 1. The smallest absolute Gasteiger partial charge is 0.319 e. The van der Waals surface area contributed by atoms with Gasteiger partial charge in [-0.3, -0.25) is 0 Å². The molecule has 0 saturated heterocycles. The molecular formula is C20H25BrN2O3. The summed E-state index contributed by atoms with van der Waals surface area (Å²) in [5.41, 5.74) is 1.70. The van der Waals surface area contributed by atoms with Gasteiger partial charge in [0.1, 0.15) is 11.5 Å². The van der Waals surface area contributed by atoms with Crippen LogP contribution >= 0.6 is 15.9 Å².